The van der Waals surface area contributed by atoms with Gasteiger partial charge in [0.1, 0.15) is 13.2 Å². The number of esters is 3. The van der Waals surface area contributed by atoms with Gasteiger partial charge in [-0.05, 0) is 77.0 Å². The lowest BCUT2D eigenvalue weighted by Gasteiger charge is -2.18. The molecule has 0 saturated carbocycles. The van der Waals surface area contributed by atoms with E-state index in [1.807, 2.05) is 0 Å². The quantitative estimate of drug-likeness (QED) is 0.0262. The second-order valence-corrected chi connectivity index (χ2v) is 18.8. The van der Waals surface area contributed by atoms with Crippen LogP contribution in [0.15, 0.2) is 48.6 Å². The van der Waals surface area contributed by atoms with E-state index in [9.17, 15) is 14.4 Å². The first-order valence-corrected chi connectivity index (χ1v) is 28.1. The first-order valence-electron chi connectivity index (χ1n) is 28.1. The summed E-state index contributed by atoms with van der Waals surface area (Å²) < 4.78 is 16.8. The van der Waals surface area contributed by atoms with E-state index in [1.54, 1.807) is 0 Å². The van der Waals surface area contributed by atoms with Crippen LogP contribution in [0.25, 0.3) is 0 Å². The molecule has 0 aromatic rings. The molecule has 65 heavy (non-hydrogen) atoms. The molecule has 0 amide bonds. The minimum atomic E-state index is -0.795. The SMILES string of the molecule is CCCCCCCC/C=C\C/C=C\C/C=C\CCCC(=O)OCC(COC(=O)CCCCCCCCCCCCCCCC)OC(=O)CCCCCCC/C=C\CCCCCCCCC. The lowest BCUT2D eigenvalue weighted by atomic mass is 10.0. The predicted octanol–water partition coefficient (Wildman–Crippen LogP) is 18.7. The largest absolute Gasteiger partial charge is 0.462 e. The standard InChI is InChI=1S/C59H106O6/c1-4-7-10-13-16-19-22-25-28-30-32-34-37-40-43-46-49-52-58(61)64-55-56(54-63-57(60)51-48-45-42-39-36-33-27-24-21-18-15-12-9-6-3)65-59(62)53-50-47-44-41-38-35-31-29-26-23-20-17-14-11-8-5-2/h25,28-29,31-32,34,40,43,56H,4-24,26-27,30,33,35-39,41-42,44-55H2,1-3H3/b28-25-,31-29-,34-32-,43-40-. The smallest absolute Gasteiger partial charge is 0.306 e. The van der Waals surface area contributed by atoms with E-state index >= 15 is 0 Å². The van der Waals surface area contributed by atoms with Crippen LogP contribution in [-0.2, 0) is 28.6 Å². The second kappa shape index (κ2) is 54.0. The van der Waals surface area contributed by atoms with Crippen molar-refractivity contribution < 1.29 is 28.6 Å². The zero-order chi connectivity index (χ0) is 47.2. The van der Waals surface area contributed by atoms with E-state index in [0.29, 0.717) is 19.3 Å². The van der Waals surface area contributed by atoms with Gasteiger partial charge in [-0.2, -0.15) is 0 Å². The molecule has 0 aromatic heterocycles. The maximum Gasteiger partial charge on any atom is 0.306 e. The molecule has 0 aromatic carbocycles. The van der Waals surface area contributed by atoms with Crippen molar-refractivity contribution in [2.45, 2.75) is 297 Å². The first kappa shape index (κ1) is 62.4. The highest BCUT2D eigenvalue weighted by Gasteiger charge is 2.19. The molecule has 0 rings (SSSR count). The van der Waals surface area contributed by atoms with Crippen LogP contribution in [0.3, 0.4) is 0 Å². The van der Waals surface area contributed by atoms with Crippen LogP contribution in [-0.4, -0.2) is 37.2 Å². The van der Waals surface area contributed by atoms with Crippen molar-refractivity contribution in [3.8, 4) is 0 Å². The van der Waals surface area contributed by atoms with E-state index < -0.39 is 6.10 Å². The van der Waals surface area contributed by atoms with Gasteiger partial charge in [0.15, 0.2) is 6.10 Å². The third-order valence-corrected chi connectivity index (χ3v) is 12.3. The number of hydrogen-bond donors (Lipinski definition) is 0. The summed E-state index contributed by atoms with van der Waals surface area (Å²) in [6.07, 6.45) is 65.3. The normalized spacial score (nSPS) is 12.4. The predicted molar refractivity (Wildman–Crippen MR) is 279 cm³/mol. The Bertz CT molecular complexity index is 1140. The summed E-state index contributed by atoms with van der Waals surface area (Å²) >= 11 is 0. The minimum absolute atomic E-state index is 0.0892. The summed E-state index contributed by atoms with van der Waals surface area (Å²) in [5, 5.41) is 0. The second-order valence-electron chi connectivity index (χ2n) is 18.8. The minimum Gasteiger partial charge on any atom is -0.462 e. The topological polar surface area (TPSA) is 78.9 Å². The molecular formula is C59H106O6. The van der Waals surface area contributed by atoms with Crippen molar-refractivity contribution in [3.63, 3.8) is 0 Å². The zero-order valence-electron chi connectivity index (χ0n) is 43.3. The number of allylic oxidation sites excluding steroid dienone is 8. The summed E-state index contributed by atoms with van der Waals surface area (Å²) in [5.41, 5.74) is 0. The first-order chi connectivity index (χ1) is 32.0. The van der Waals surface area contributed by atoms with Gasteiger partial charge in [0.05, 0.1) is 0 Å². The number of rotatable bonds is 51. The fourth-order valence-electron chi connectivity index (χ4n) is 8.04. The summed E-state index contributed by atoms with van der Waals surface area (Å²) in [5.74, 6) is -0.940. The molecule has 0 fully saturated rings. The fraction of sp³-hybridized carbons (Fsp3) is 0.814. The highest BCUT2D eigenvalue weighted by Crippen LogP contribution is 2.15. The molecule has 0 bridgehead atoms. The van der Waals surface area contributed by atoms with Crippen molar-refractivity contribution in [3.05, 3.63) is 48.6 Å². The van der Waals surface area contributed by atoms with Gasteiger partial charge in [-0.3, -0.25) is 14.4 Å². The highest BCUT2D eigenvalue weighted by molar-refractivity contribution is 5.71. The Morgan fingerprint density at radius 1 is 0.308 bits per heavy atom. The van der Waals surface area contributed by atoms with Crippen molar-refractivity contribution in [2.75, 3.05) is 13.2 Å². The van der Waals surface area contributed by atoms with E-state index in [0.717, 1.165) is 70.6 Å². The maximum absolute atomic E-state index is 12.8. The average molecular weight is 911 g/mol. The molecule has 6 nitrogen and oxygen atoms in total. The number of carbonyl (C=O) groups is 3. The van der Waals surface area contributed by atoms with Crippen LogP contribution in [0, 0.1) is 0 Å². The Kier molecular flexibility index (Phi) is 51.8. The zero-order valence-corrected chi connectivity index (χ0v) is 43.3. The van der Waals surface area contributed by atoms with Crippen molar-refractivity contribution in [1.29, 1.82) is 0 Å². The monoisotopic (exact) mass is 911 g/mol. The van der Waals surface area contributed by atoms with Gasteiger partial charge < -0.3 is 14.2 Å². The third kappa shape index (κ3) is 52.2. The van der Waals surface area contributed by atoms with Gasteiger partial charge in [0, 0.05) is 19.3 Å². The number of unbranched alkanes of at least 4 members (excludes halogenated alkanes) is 32. The van der Waals surface area contributed by atoms with Crippen LogP contribution >= 0.6 is 0 Å². The van der Waals surface area contributed by atoms with Crippen LogP contribution in [0.5, 0.6) is 0 Å². The molecule has 0 radical (unpaired) electrons. The van der Waals surface area contributed by atoms with Gasteiger partial charge in [0.25, 0.3) is 0 Å². The van der Waals surface area contributed by atoms with Gasteiger partial charge in [-0.25, -0.2) is 0 Å². The van der Waals surface area contributed by atoms with Crippen molar-refractivity contribution in [2.24, 2.45) is 0 Å². The van der Waals surface area contributed by atoms with Gasteiger partial charge >= 0.3 is 17.9 Å². The Balaban J connectivity index is 4.44. The van der Waals surface area contributed by atoms with Crippen LogP contribution in [0.4, 0.5) is 0 Å². The molecule has 1 unspecified atom stereocenters. The Morgan fingerprint density at radius 3 is 0.938 bits per heavy atom. The third-order valence-electron chi connectivity index (χ3n) is 12.3. The van der Waals surface area contributed by atoms with Crippen LogP contribution < -0.4 is 0 Å². The van der Waals surface area contributed by atoms with Gasteiger partial charge in [-0.15, -0.1) is 0 Å². The molecule has 0 heterocycles. The molecule has 1 atom stereocenters. The Morgan fingerprint density at radius 2 is 0.569 bits per heavy atom. The van der Waals surface area contributed by atoms with Gasteiger partial charge in [-0.1, -0.05) is 243 Å². The molecule has 0 aliphatic rings. The number of carbonyl (C=O) groups excluding carboxylic acids is 3. The number of ether oxygens (including phenoxy) is 3. The molecule has 0 N–H and O–H groups in total. The van der Waals surface area contributed by atoms with Crippen LogP contribution in [0.1, 0.15) is 290 Å². The van der Waals surface area contributed by atoms with Crippen molar-refractivity contribution in [1.82, 2.24) is 0 Å². The van der Waals surface area contributed by atoms with E-state index in [-0.39, 0.29) is 37.5 Å². The molecular weight excluding hydrogens is 805 g/mol. The summed E-state index contributed by atoms with van der Waals surface area (Å²) in [6.45, 7) is 6.61. The molecule has 0 spiro atoms. The lowest BCUT2D eigenvalue weighted by Crippen LogP contribution is -2.30. The van der Waals surface area contributed by atoms with E-state index in [4.69, 9.17) is 14.2 Å². The summed E-state index contributed by atoms with van der Waals surface area (Å²) in [6, 6.07) is 0. The van der Waals surface area contributed by atoms with Crippen LogP contribution in [0.2, 0.25) is 0 Å². The number of hydrogen-bond acceptors (Lipinski definition) is 6. The molecule has 378 valence electrons. The van der Waals surface area contributed by atoms with Crippen molar-refractivity contribution >= 4 is 17.9 Å². The molecule has 0 aliphatic heterocycles. The Hall–Kier alpha value is -2.63. The Labute approximate surface area is 403 Å². The lowest BCUT2D eigenvalue weighted by molar-refractivity contribution is -0.167. The fourth-order valence-corrected chi connectivity index (χ4v) is 8.04. The highest BCUT2D eigenvalue weighted by atomic mass is 16.6. The van der Waals surface area contributed by atoms with Gasteiger partial charge in [0.2, 0.25) is 0 Å². The molecule has 0 saturated heterocycles. The van der Waals surface area contributed by atoms with E-state index in [2.05, 4.69) is 69.4 Å². The summed E-state index contributed by atoms with van der Waals surface area (Å²) in [4.78, 5) is 38.1. The molecule has 0 aliphatic carbocycles. The summed E-state index contributed by atoms with van der Waals surface area (Å²) in [7, 11) is 0. The average Bonchev–Trinajstić information content (AvgIpc) is 3.30. The molecule has 6 heteroatoms. The van der Waals surface area contributed by atoms with E-state index in [1.165, 1.54) is 173 Å². The maximum atomic E-state index is 12.8.